The summed E-state index contributed by atoms with van der Waals surface area (Å²) in [5.74, 6) is 0.558. The van der Waals surface area contributed by atoms with Crippen LogP contribution in [0, 0.1) is 12.3 Å². The fourth-order valence-electron chi connectivity index (χ4n) is 2.97. The highest BCUT2D eigenvalue weighted by Gasteiger charge is 2.28. The first-order valence-electron chi connectivity index (χ1n) is 8.46. The largest absolute Gasteiger partial charge is 0.494 e. The SMILES string of the molecule is CCOc1ccc(C(=N)/C(=C\N)C2NC(=O)c3cccc(C)c3N2)cc1. The maximum Gasteiger partial charge on any atom is 0.255 e. The Hall–Kier alpha value is -3.28. The Bertz CT molecular complexity index is 872. The Kier molecular flexibility index (Phi) is 4.93. The zero-order valence-corrected chi connectivity index (χ0v) is 14.8. The lowest BCUT2D eigenvalue weighted by Crippen LogP contribution is -2.48. The van der Waals surface area contributed by atoms with E-state index in [9.17, 15) is 4.79 Å². The minimum Gasteiger partial charge on any atom is -0.494 e. The van der Waals surface area contributed by atoms with Crippen molar-refractivity contribution in [2.75, 3.05) is 11.9 Å². The van der Waals surface area contributed by atoms with Gasteiger partial charge in [0, 0.05) is 17.3 Å². The molecule has 0 saturated carbocycles. The number of nitrogens with two attached hydrogens (primary N) is 1. The van der Waals surface area contributed by atoms with Crippen molar-refractivity contribution in [1.82, 2.24) is 5.32 Å². The van der Waals surface area contributed by atoms with Gasteiger partial charge in [-0.25, -0.2) is 0 Å². The lowest BCUT2D eigenvalue weighted by molar-refractivity contribution is 0.0942. The number of fused-ring (bicyclic) bond motifs is 1. The van der Waals surface area contributed by atoms with E-state index >= 15 is 0 Å². The second-order valence-corrected chi connectivity index (χ2v) is 6.00. The molecule has 6 heteroatoms. The number of amides is 1. The fraction of sp³-hybridized carbons (Fsp3) is 0.200. The number of rotatable bonds is 5. The number of ether oxygens (including phenoxy) is 1. The van der Waals surface area contributed by atoms with Crippen molar-refractivity contribution < 1.29 is 9.53 Å². The number of para-hydroxylation sites is 1. The minimum absolute atomic E-state index is 0.189. The molecule has 6 nitrogen and oxygen atoms in total. The molecular formula is C20H22N4O2. The predicted octanol–water partition coefficient (Wildman–Crippen LogP) is 2.79. The maximum absolute atomic E-state index is 12.4. The maximum atomic E-state index is 12.4. The molecule has 1 unspecified atom stereocenters. The molecule has 0 bridgehead atoms. The molecule has 26 heavy (non-hydrogen) atoms. The molecule has 134 valence electrons. The Morgan fingerprint density at radius 1 is 1.23 bits per heavy atom. The average molecular weight is 350 g/mol. The number of nitrogens with one attached hydrogen (secondary N) is 3. The van der Waals surface area contributed by atoms with Gasteiger partial charge >= 0.3 is 0 Å². The van der Waals surface area contributed by atoms with Crippen LogP contribution in [0.5, 0.6) is 5.75 Å². The third kappa shape index (κ3) is 3.26. The van der Waals surface area contributed by atoms with Crippen LogP contribution in [0.4, 0.5) is 5.69 Å². The number of hydrogen-bond acceptors (Lipinski definition) is 5. The number of anilines is 1. The highest BCUT2D eigenvalue weighted by atomic mass is 16.5. The van der Waals surface area contributed by atoms with E-state index in [1.807, 2.05) is 38.1 Å². The molecule has 0 aliphatic carbocycles. The quantitative estimate of drug-likeness (QED) is 0.623. The standard InChI is InChI=1S/C20H22N4O2/c1-3-26-14-9-7-13(8-10-14)17(22)16(11-21)19-23-18-12(2)5-4-6-15(18)20(25)24-19/h4-11,19,22-23H,3,21H2,1-2H3,(H,24,25)/b16-11+,22-17?. The van der Waals surface area contributed by atoms with E-state index in [4.69, 9.17) is 15.9 Å². The summed E-state index contributed by atoms with van der Waals surface area (Å²) in [7, 11) is 0. The van der Waals surface area contributed by atoms with Crippen molar-refractivity contribution in [3.63, 3.8) is 0 Å². The van der Waals surface area contributed by atoms with Crippen molar-refractivity contribution in [2.24, 2.45) is 5.73 Å². The summed E-state index contributed by atoms with van der Waals surface area (Å²) < 4.78 is 5.43. The Morgan fingerprint density at radius 3 is 2.62 bits per heavy atom. The molecule has 0 radical (unpaired) electrons. The van der Waals surface area contributed by atoms with Crippen molar-refractivity contribution >= 4 is 17.3 Å². The highest BCUT2D eigenvalue weighted by Crippen LogP contribution is 2.27. The summed E-state index contributed by atoms with van der Waals surface area (Å²) in [5.41, 5.74) is 9.55. The van der Waals surface area contributed by atoms with Crippen LogP contribution in [0.1, 0.15) is 28.4 Å². The lowest BCUT2D eigenvalue weighted by atomic mass is 9.97. The number of benzene rings is 2. The summed E-state index contributed by atoms with van der Waals surface area (Å²) >= 11 is 0. The first-order chi connectivity index (χ1) is 12.5. The van der Waals surface area contributed by atoms with Crippen molar-refractivity contribution in [3.05, 3.63) is 70.9 Å². The van der Waals surface area contributed by atoms with E-state index in [-0.39, 0.29) is 11.6 Å². The van der Waals surface area contributed by atoms with Crippen LogP contribution in [0.15, 0.2) is 54.2 Å². The molecule has 2 aromatic rings. The van der Waals surface area contributed by atoms with Gasteiger partial charge < -0.3 is 21.1 Å². The van der Waals surface area contributed by atoms with Gasteiger partial charge in [0.2, 0.25) is 0 Å². The van der Waals surface area contributed by atoms with Crippen molar-refractivity contribution in [1.29, 1.82) is 5.41 Å². The van der Waals surface area contributed by atoms with Crippen LogP contribution in [-0.4, -0.2) is 24.4 Å². The normalized spacial score (nSPS) is 16.3. The Balaban J connectivity index is 1.86. The van der Waals surface area contributed by atoms with Gasteiger partial charge in [0.15, 0.2) is 0 Å². The van der Waals surface area contributed by atoms with Crippen LogP contribution in [0.25, 0.3) is 0 Å². The first-order valence-corrected chi connectivity index (χ1v) is 8.46. The zero-order valence-electron chi connectivity index (χ0n) is 14.8. The van der Waals surface area contributed by atoms with Crippen LogP contribution in [0.3, 0.4) is 0 Å². The molecule has 1 amide bonds. The third-order valence-corrected chi connectivity index (χ3v) is 4.31. The topological polar surface area (TPSA) is 100 Å². The molecule has 0 aromatic heterocycles. The Morgan fingerprint density at radius 2 is 1.96 bits per heavy atom. The minimum atomic E-state index is -0.569. The van der Waals surface area contributed by atoms with Gasteiger partial charge in [0.25, 0.3) is 5.91 Å². The molecule has 1 aliphatic rings. The van der Waals surface area contributed by atoms with Gasteiger partial charge in [-0.15, -0.1) is 0 Å². The van der Waals surface area contributed by atoms with Crippen LogP contribution >= 0.6 is 0 Å². The smallest absolute Gasteiger partial charge is 0.255 e. The predicted molar refractivity (Wildman–Crippen MR) is 103 cm³/mol. The number of hydrogen-bond donors (Lipinski definition) is 4. The lowest BCUT2D eigenvalue weighted by Gasteiger charge is -2.30. The molecular weight excluding hydrogens is 328 g/mol. The highest BCUT2D eigenvalue weighted by molar-refractivity contribution is 6.13. The number of aryl methyl sites for hydroxylation is 1. The fourth-order valence-corrected chi connectivity index (χ4v) is 2.97. The molecule has 0 spiro atoms. The van der Waals surface area contributed by atoms with E-state index < -0.39 is 6.17 Å². The molecule has 1 atom stereocenters. The van der Waals surface area contributed by atoms with E-state index in [0.717, 1.165) is 17.0 Å². The van der Waals surface area contributed by atoms with E-state index in [2.05, 4.69) is 10.6 Å². The van der Waals surface area contributed by atoms with Gasteiger partial charge in [-0.05, 0) is 49.7 Å². The van der Waals surface area contributed by atoms with Gasteiger partial charge in [0.1, 0.15) is 11.9 Å². The number of carbonyl (C=O) groups excluding carboxylic acids is 1. The van der Waals surface area contributed by atoms with Gasteiger partial charge in [-0.1, -0.05) is 12.1 Å². The second-order valence-electron chi connectivity index (χ2n) is 6.00. The van der Waals surface area contributed by atoms with Gasteiger partial charge in [0.05, 0.1) is 23.6 Å². The van der Waals surface area contributed by atoms with Crippen molar-refractivity contribution in [2.45, 2.75) is 20.0 Å². The van der Waals surface area contributed by atoms with Gasteiger partial charge in [-0.2, -0.15) is 0 Å². The van der Waals surface area contributed by atoms with Crippen molar-refractivity contribution in [3.8, 4) is 5.75 Å². The van der Waals surface area contributed by atoms with Gasteiger partial charge in [-0.3, -0.25) is 10.2 Å². The van der Waals surface area contributed by atoms with Crippen LogP contribution < -0.4 is 21.1 Å². The molecule has 2 aromatic carbocycles. The monoisotopic (exact) mass is 350 g/mol. The molecule has 5 N–H and O–H groups in total. The summed E-state index contributed by atoms with van der Waals surface area (Å²) in [6.45, 7) is 4.44. The Labute approximate surface area is 152 Å². The summed E-state index contributed by atoms with van der Waals surface area (Å²) in [4.78, 5) is 12.4. The third-order valence-electron chi connectivity index (χ3n) is 4.31. The summed E-state index contributed by atoms with van der Waals surface area (Å²) in [6.07, 6.45) is 0.792. The number of carbonyl (C=O) groups is 1. The molecule has 0 saturated heterocycles. The molecule has 1 aliphatic heterocycles. The van der Waals surface area contributed by atoms with Crippen LogP contribution in [0.2, 0.25) is 0 Å². The van der Waals surface area contributed by atoms with E-state index in [1.54, 1.807) is 18.2 Å². The van der Waals surface area contributed by atoms with E-state index in [0.29, 0.717) is 23.3 Å². The first kappa shape index (κ1) is 17.5. The molecule has 0 fully saturated rings. The summed E-state index contributed by atoms with van der Waals surface area (Å²) in [5, 5.41) is 14.7. The molecule has 1 heterocycles. The van der Waals surface area contributed by atoms with Crippen LogP contribution in [-0.2, 0) is 0 Å². The average Bonchev–Trinajstić information content (AvgIpc) is 2.64. The summed E-state index contributed by atoms with van der Waals surface area (Å²) in [6, 6.07) is 12.8. The zero-order chi connectivity index (χ0) is 18.7. The van der Waals surface area contributed by atoms with E-state index in [1.165, 1.54) is 6.20 Å². The second kappa shape index (κ2) is 7.31. The molecule has 3 rings (SSSR count).